The van der Waals surface area contributed by atoms with Crippen molar-refractivity contribution in [3.05, 3.63) is 29.8 Å². The smallest absolute Gasteiger partial charge is 0.307 e. The van der Waals surface area contributed by atoms with Crippen LogP contribution in [-0.2, 0) is 16.0 Å². The van der Waals surface area contributed by atoms with Crippen molar-refractivity contribution in [2.75, 3.05) is 5.32 Å². The van der Waals surface area contributed by atoms with Crippen LogP contribution in [0.25, 0.3) is 0 Å². The maximum absolute atomic E-state index is 11.3. The Morgan fingerprint density at radius 2 is 1.88 bits per heavy atom. The molecule has 0 fully saturated rings. The van der Waals surface area contributed by atoms with E-state index in [-0.39, 0.29) is 12.3 Å². The first-order chi connectivity index (χ1) is 7.61. The zero-order chi connectivity index (χ0) is 12.0. The number of carboxylic acids is 1. The molecule has 0 aliphatic carbocycles. The van der Waals surface area contributed by atoms with Crippen LogP contribution in [0.2, 0.25) is 0 Å². The second kappa shape index (κ2) is 5.90. The summed E-state index contributed by atoms with van der Waals surface area (Å²) >= 11 is 0. The van der Waals surface area contributed by atoms with E-state index in [9.17, 15) is 9.59 Å². The lowest BCUT2D eigenvalue weighted by atomic mass is 10.1. The van der Waals surface area contributed by atoms with Crippen LogP contribution in [0.4, 0.5) is 5.69 Å². The van der Waals surface area contributed by atoms with Crippen LogP contribution >= 0.6 is 0 Å². The van der Waals surface area contributed by atoms with Crippen molar-refractivity contribution in [3.63, 3.8) is 0 Å². The van der Waals surface area contributed by atoms with Gasteiger partial charge in [0.25, 0.3) is 0 Å². The Labute approximate surface area is 94.3 Å². The largest absolute Gasteiger partial charge is 0.481 e. The quantitative estimate of drug-likeness (QED) is 0.799. The average molecular weight is 221 g/mol. The van der Waals surface area contributed by atoms with Gasteiger partial charge in [-0.25, -0.2) is 0 Å². The first kappa shape index (κ1) is 12.2. The normalized spacial score (nSPS) is 9.81. The van der Waals surface area contributed by atoms with Crippen molar-refractivity contribution in [2.24, 2.45) is 0 Å². The van der Waals surface area contributed by atoms with Crippen molar-refractivity contribution in [1.29, 1.82) is 0 Å². The van der Waals surface area contributed by atoms with Crippen molar-refractivity contribution < 1.29 is 14.7 Å². The van der Waals surface area contributed by atoms with E-state index in [1.165, 1.54) is 0 Å². The third-order valence-electron chi connectivity index (χ3n) is 2.07. The highest BCUT2D eigenvalue weighted by Gasteiger charge is 2.02. The van der Waals surface area contributed by atoms with Gasteiger partial charge < -0.3 is 10.4 Å². The molecule has 1 aromatic carbocycles. The van der Waals surface area contributed by atoms with Crippen LogP contribution in [-0.4, -0.2) is 17.0 Å². The molecule has 0 saturated heterocycles. The van der Waals surface area contributed by atoms with Crippen LogP contribution in [0.1, 0.15) is 25.3 Å². The minimum Gasteiger partial charge on any atom is -0.481 e. The van der Waals surface area contributed by atoms with E-state index in [4.69, 9.17) is 5.11 Å². The molecule has 4 heteroatoms. The van der Waals surface area contributed by atoms with Crippen LogP contribution in [0, 0.1) is 0 Å². The van der Waals surface area contributed by atoms with Crippen molar-refractivity contribution in [1.82, 2.24) is 0 Å². The molecule has 2 N–H and O–H groups in total. The number of carboxylic acid groups (broad SMARTS) is 1. The first-order valence-electron chi connectivity index (χ1n) is 5.22. The average Bonchev–Trinajstić information content (AvgIpc) is 2.20. The van der Waals surface area contributed by atoms with Gasteiger partial charge in [-0.05, 0) is 24.1 Å². The van der Waals surface area contributed by atoms with Crippen LogP contribution in [0.3, 0.4) is 0 Å². The molecule has 0 unspecified atom stereocenters. The maximum atomic E-state index is 11.3. The third-order valence-corrected chi connectivity index (χ3v) is 2.07. The van der Waals surface area contributed by atoms with Gasteiger partial charge in [0.1, 0.15) is 0 Å². The number of anilines is 1. The minimum atomic E-state index is -0.859. The molecule has 0 radical (unpaired) electrons. The Balaban J connectivity index is 2.57. The standard InChI is InChI=1S/C12H15NO3/c1-2-3-11(14)13-10-6-4-9(5-7-10)8-12(15)16/h4-7H,2-3,8H2,1H3,(H,13,14)(H,15,16). The lowest BCUT2D eigenvalue weighted by Gasteiger charge is -2.04. The van der Waals surface area contributed by atoms with E-state index < -0.39 is 5.97 Å². The highest BCUT2D eigenvalue weighted by atomic mass is 16.4. The lowest BCUT2D eigenvalue weighted by Crippen LogP contribution is -2.10. The maximum Gasteiger partial charge on any atom is 0.307 e. The molecule has 0 aliphatic heterocycles. The fourth-order valence-electron chi connectivity index (χ4n) is 1.33. The summed E-state index contributed by atoms with van der Waals surface area (Å²) in [6, 6.07) is 6.84. The molecule has 1 rings (SSSR count). The van der Waals surface area contributed by atoms with E-state index in [1.807, 2.05) is 6.92 Å². The molecule has 0 saturated carbocycles. The highest BCUT2D eigenvalue weighted by Crippen LogP contribution is 2.10. The molecule has 86 valence electrons. The first-order valence-corrected chi connectivity index (χ1v) is 5.22. The number of carbonyl (C=O) groups excluding carboxylic acids is 1. The fraction of sp³-hybridized carbons (Fsp3) is 0.333. The number of hydrogen-bond acceptors (Lipinski definition) is 2. The topological polar surface area (TPSA) is 66.4 Å². The predicted molar refractivity (Wildman–Crippen MR) is 61.3 cm³/mol. The zero-order valence-corrected chi connectivity index (χ0v) is 9.19. The lowest BCUT2D eigenvalue weighted by molar-refractivity contribution is -0.136. The summed E-state index contributed by atoms with van der Waals surface area (Å²) in [4.78, 5) is 21.7. The summed E-state index contributed by atoms with van der Waals surface area (Å²) in [5, 5.41) is 11.3. The Hall–Kier alpha value is -1.84. The molecular weight excluding hydrogens is 206 g/mol. The predicted octanol–water partition coefficient (Wildman–Crippen LogP) is 2.05. The van der Waals surface area contributed by atoms with Gasteiger partial charge >= 0.3 is 5.97 Å². The summed E-state index contributed by atoms with van der Waals surface area (Å²) in [6.45, 7) is 1.94. The fourth-order valence-corrected chi connectivity index (χ4v) is 1.33. The summed E-state index contributed by atoms with van der Waals surface area (Å²) < 4.78 is 0. The number of hydrogen-bond donors (Lipinski definition) is 2. The minimum absolute atomic E-state index is 0.00316. The van der Waals surface area contributed by atoms with E-state index in [2.05, 4.69) is 5.32 Å². The summed E-state index contributed by atoms with van der Waals surface area (Å²) in [5.74, 6) is -0.878. The number of carbonyl (C=O) groups is 2. The summed E-state index contributed by atoms with van der Waals surface area (Å²) in [6.07, 6.45) is 1.31. The van der Waals surface area contributed by atoms with Gasteiger partial charge in [0.15, 0.2) is 0 Å². The SMILES string of the molecule is CCCC(=O)Nc1ccc(CC(=O)O)cc1. The molecule has 16 heavy (non-hydrogen) atoms. The molecular formula is C12H15NO3. The van der Waals surface area contributed by atoms with E-state index in [0.717, 1.165) is 12.0 Å². The second-order valence-electron chi connectivity index (χ2n) is 3.57. The van der Waals surface area contributed by atoms with Crippen molar-refractivity contribution >= 4 is 17.6 Å². The number of aliphatic carboxylic acids is 1. The number of amides is 1. The van der Waals surface area contributed by atoms with Gasteiger partial charge in [-0.1, -0.05) is 19.1 Å². The second-order valence-corrected chi connectivity index (χ2v) is 3.57. The number of benzene rings is 1. The Bertz CT molecular complexity index is 370. The van der Waals surface area contributed by atoms with E-state index in [1.54, 1.807) is 24.3 Å². The zero-order valence-electron chi connectivity index (χ0n) is 9.19. The monoisotopic (exact) mass is 221 g/mol. The molecule has 0 bridgehead atoms. The van der Waals surface area contributed by atoms with Gasteiger partial charge in [-0.3, -0.25) is 9.59 Å². The molecule has 0 spiro atoms. The number of rotatable bonds is 5. The van der Waals surface area contributed by atoms with Crippen LogP contribution < -0.4 is 5.32 Å². The highest BCUT2D eigenvalue weighted by molar-refractivity contribution is 5.90. The number of nitrogens with one attached hydrogen (secondary N) is 1. The molecule has 4 nitrogen and oxygen atoms in total. The Morgan fingerprint density at radius 1 is 1.25 bits per heavy atom. The van der Waals surface area contributed by atoms with Gasteiger partial charge in [-0.15, -0.1) is 0 Å². The molecule has 0 aliphatic rings. The Morgan fingerprint density at radius 3 is 2.38 bits per heavy atom. The van der Waals surface area contributed by atoms with Gasteiger partial charge in [0.2, 0.25) is 5.91 Å². The summed E-state index contributed by atoms with van der Waals surface area (Å²) in [7, 11) is 0. The van der Waals surface area contributed by atoms with Crippen molar-refractivity contribution in [2.45, 2.75) is 26.2 Å². The molecule has 1 aromatic rings. The van der Waals surface area contributed by atoms with Crippen LogP contribution in [0.5, 0.6) is 0 Å². The molecule has 0 atom stereocenters. The van der Waals surface area contributed by atoms with Crippen LogP contribution in [0.15, 0.2) is 24.3 Å². The van der Waals surface area contributed by atoms with Gasteiger partial charge in [0.05, 0.1) is 6.42 Å². The van der Waals surface area contributed by atoms with Gasteiger partial charge in [-0.2, -0.15) is 0 Å². The molecule has 0 aromatic heterocycles. The van der Waals surface area contributed by atoms with Crippen molar-refractivity contribution in [3.8, 4) is 0 Å². The van der Waals surface area contributed by atoms with E-state index >= 15 is 0 Å². The molecule has 0 heterocycles. The summed E-state index contributed by atoms with van der Waals surface area (Å²) in [5.41, 5.74) is 1.42. The third kappa shape index (κ3) is 4.13. The Kier molecular flexibility index (Phi) is 4.51. The molecule has 1 amide bonds. The van der Waals surface area contributed by atoms with E-state index in [0.29, 0.717) is 12.1 Å². The van der Waals surface area contributed by atoms with Gasteiger partial charge in [0, 0.05) is 12.1 Å².